The van der Waals surface area contributed by atoms with Crippen molar-refractivity contribution in [3.63, 3.8) is 0 Å². The third-order valence-electron chi connectivity index (χ3n) is 8.53. The normalized spacial score (nSPS) is 16.0. The zero-order valence-corrected chi connectivity index (χ0v) is 28.9. The fourth-order valence-corrected chi connectivity index (χ4v) is 5.96. The third-order valence-corrected chi connectivity index (χ3v) is 8.53. The van der Waals surface area contributed by atoms with Gasteiger partial charge in [0.1, 0.15) is 23.0 Å². The molecule has 5 rings (SSSR count). The average Bonchev–Trinajstić information content (AvgIpc) is 3.57. The quantitative estimate of drug-likeness (QED) is 0.0506. The lowest BCUT2D eigenvalue weighted by atomic mass is 9.80. The molecule has 2 atom stereocenters. The number of rotatable bonds is 17. The van der Waals surface area contributed by atoms with Gasteiger partial charge in [-0.25, -0.2) is 4.99 Å². The molecular formula is C37H38N8O7. The molecule has 0 bridgehead atoms. The van der Waals surface area contributed by atoms with Crippen molar-refractivity contribution in [2.45, 2.75) is 37.6 Å². The molecule has 1 amide bonds. The molecule has 4 aromatic carbocycles. The van der Waals surface area contributed by atoms with E-state index < -0.39 is 17.6 Å². The number of hydrogen-bond donors (Lipinski definition) is 2. The minimum Gasteiger partial charge on any atom is -0.496 e. The van der Waals surface area contributed by atoms with E-state index in [1.165, 1.54) is 21.3 Å². The Morgan fingerprint density at radius 3 is 2.27 bits per heavy atom. The molecule has 0 saturated carbocycles. The molecule has 0 radical (unpaired) electrons. The molecule has 15 heteroatoms. The molecule has 52 heavy (non-hydrogen) atoms. The Balaban J connectivity index is 1.67. The lowest BCUT2D eigenvalue weighted by Crippen LogP contribution is -2.50. The van der Waals surface area contributed by atoms with E-state index in [1.807, 2.05) is 24.3 Å². The van der Waals surface area contributed by atoms with Gasteiger partial charge in [-0.05, 0) is 46.5 Å². The monoisotopic (exact) mass is 706 g/mol. The number of carbonyl (C=O) groups excluding carboxylic acids is 1. The van der Waals surface area contributed by atoms with Crippen LogP contribution in [0.3, 0.4) is 0 Å². The van der Waals surface area contributed by atoms with Crippen LogP contribution >= 0.6 is 0 Å². The molecule has 0 saturated heterocycles. The molecule has 0 aromatic heterocycles. The summed E-state index contributed by atoms with van der Waals surface area (Å²) in [5, 5.41) is 19.9. The summed E-state index contributed by atoms with van der Waals surface area (Å²) in [6, 6.07) is 24.6. The predicted molar refractivity (Wildman–Crippen MR) is 193 cm³/mol. The predicted octanol–water partition coefficient (Wildman–Crippen LogP) is 7.04. The molecule has 1 aliphatic rings. The molecule has 2 N–H and O–H groups in total. The van der Waals surface area contributed by atoms with Gasteiger partial charge in [0.05, 0.1) is 46.6 Å². The average molecular weight is 707 g/mol. The first kappa shape index (κ1) is 36.9. The summed E-state index contributed by atoms with van der Waals surface area (Å²) in [6.07, 6.45) is -0.595. The molecule has 0 spiro atoms. The van der Waals surface area contributed by atoms with E-state index >= 15 is 0 Å². The van der Waals surface area contributed by atoms with Gasteiger partial charge in [-0.15, -0.1) is 0 Å². The van der Waals surface area contributed by atoms with E-state index in [2.05, 4.69) is 25.4 Å². The van der Waals surface area contributed by atoms with Crippen molar-refractivity contribution < 1.29 is 33.6 Å². The largest absolute Gasteiger partial charge is 0.496 e. The van der Waals surface area contributed by atoms with Gasteiger partial charge in [0, 0.05) is 58.2 Å². The van der Waals surface area contributed by atoms with Crippen LogP contribution in [-0.2, 0) is 29.0 Å². The molecule has 0 aliphatic carbocycles. The summed E-state index contributed by atoms with van der Waals surface area (Å²) in [5.41, 5.74) is 20.1. The highest BCUT2D eigenvalue weighted by Crippen LogP contribution is 2.46. The number of ether oxygens (including phenoxy) is 5. The first-order valence-corrected chi connectivity index (χ1v) is 16.3. The van der Waals surface area contributed by atoms with E-state index in [4.69, 9.17) is 39.3 Å². The van der Waals surface area contributed by atoms with Crippen molar-refractivity contribution in [1.29, 1.82) is 0 Å². The first-order valence-electron chi connectivity index (χ1n) is 16.3. The highest BCUT2D eigenvalue weighted by atomic mass is 16.5. The number of methoxy groups -OCH3 is 3. The van der Waals surface area contributed by atoms with E-state index in [-0.39, 0.29) is 37.7 Å². The van der Waals surface area contributed by atoms with Gasteiger partial charge in [-0.1, -0.05) is 58.8 Å². The molecule has 0 fully saturated rings. The number of aliphatic hydroxyl groups is 1. The van der Waals surface area contributed by atoms with Crippen molar-refractivity contribution in [2.75, 3.05) is 34.5 Å². The van der Waals surface area contributed by atoms with Gasteiger partial charge >= 0.3 is 0 Å². The lowest BCUT2D eigenvalue weighted by molar-refractivity contribution is -0.129. The molecule has 1 heterocycles. The van der Waals surface area contributed by atoms with Gasteiger partial charge < -0.3 is 34.1 Å². The number of aliphatic imine (C=N–C) groups is 1. The number of benzene rings is 4. The summed E-state index contributed by atoms with van der Waals surface area (Å²) in [6.45, 7) is 0.371. The minimum absolute atomic E-state index is 0.00790. The molecule has 1 aliphatic heterocycles. The maximum atomic E-state index is 15.0. The van der Waals surface area contributed by atoms with E-state index in [0.717, 1.165) is 0 Å². The van der Waals surface area contributed by atoms with Crippen molar-refractivity contribution in [1.82, 2.24) is 5.32 Å². The zero-order valence-electron chi connectivity index (χ0n) is 28.9. The summed E-state index contributed by atoms with van der Waals surface area (Å²) >= 11 is 0. The highest BCUT2D eigenvalue weighted by molar-refractivity contribution is 6.01. The van der Waals surface area contributed by atoms with E-state index in [0.29, 0.717) is 63.8 Å². The first-order chi connectivity index (χ1) is 25.4. The van der Waals surface area contributed by atoms with E-state index in [9.17, 15) is 10.3 Å². The van der Waals surface area contributed by atoms with Gasteiger partial charge in [-0.3, -0.25) is 4.79 Å². The van der Waals surface area contributed by atoms with Crippen molar-refractivity contribution in [3.05, 3.63) is 134 Å². The Hall–Kier alpha value is -6.40. The van der Waals surface area contributed by atoms with Crippen LogP contribution in [0.15, 0.2) is 100 Å². The number of carbonyl (C=O) groups is 1. The molecule has 4 aromatic rings. The highest BCUT2D eigenvalue weighted by Gasteiger charge is 2.54. The molecular weight excluding hydrogens is 668 g/mol. The second-order valence-corrected chi connectivity index (χ2v) is 11.6. The maximum absolute atomic E-state index is 15.0. The van der Waals surface area contributed by atoms with Crippen molar-refractivity contribution in [2.24, 2.45) is 15.2 Å². The minimum atomic E-state index is -1.69. The van der Waals surface area contributed by atoms with Gasteiger partial charge in [0.2, 0.25) is 5.90 Å². The van der Waals surface area contributed by atoms with Crippen LogP contribution in [0.1, 0.15) is 40.3 Å². The summed E-state index contributed by atoms with van der Waals surface area (Å²) in [4.78, 5) is 26.0. The maximum Gasteiger partial charge on any atom is 0.252 e. The van der Waals surface area contributed by atoms with E-state index in [1.54, 1.807) is 60.7 Å². The topological polar surface area (TPSA) is 205 Å². The van der Waals surface area contributed by atoms with Crippen LogP contribution in [0.5, 0.6) is 23.0 Å². The Morgan fingerprint density at radius 2 is 1.62 bits per heavy atom. The van der Waals surface area contributed by atoms with Gasteiger partial charge in [0.15, 0.2) is 11.6 Å². The SMILES string of the molecule is COc1cc(OC)c(CNC(=O)[C@]2(Cc3ccccc3CN=[N+]=[N-])N=C(c3ccc(OCCCO)cc3)O[C@@H]2c2ccccc2N=[N+]=[N-])c(OC)c1. The van der Waals surface area contributed by atoms with Gasteiger partial charge in [0.25, 0.3) is 5.91 Å². The lowest BCUT2D eigenvalue weighted by Gasteiger charge is -2.32. The number of nitrogens with zero attached hydrogens (tertiary/aromatic N) is 7. The summed E-state index contributed by atoms with van der Waals surface area (Å²) < 4.78 is 29.0. The number of azide groups is 2. The number of hydrogen-bond acceptors (Lipinski definition) is 10. The van der Waals surface area contributed by atoms with Crippen LogP contribution in [0, 0.1) is 0 Å². The standard InChI is InChI=1S/C37H38N8O7/c1-48-28-19-32(49-2)30(33(20-28)50-3)23-40-36(47)37(21-25-9-4-5-10-26(25)22-41-44-38)34(29-11-6-7-12-31(29)43-45-39)52-35(42-37)24-13-15-27(16-14-24)51-18-8-17-46/h4-7,9-16,19-20,34,46H,8,17-18,21-23H2,1-3H3,(H,40,47)/t34-,37-/m1/s1. The second kappa shape index (κ2) is 17.5. The smallest absolute Gasteiger partial charge is 0.252 e. The van der Waals surface area contributed by atoms with Crippen molar-refractivity contribution >= 4 is 17.5 Å². The van der Waals surface area contributed by atoms with Crippen LogP contribution in [0.25, 0.3) is 20.9 Å². The second-order valence-electron chi connectivity index (χ2n) is 11.6. The Labute approximate surface area is 300 Å². The van der Waals surface area contributed by atoms with Crippen LogP contribution in [0.4, 0.5) is 5.69 Å². The fraction of sp³-hybridized carbons (Fsp3) is 0.297. The summed E-state index contributed by atoms with van der Waals surface area (Å²) in [5.74, 6) is 1.62. The Bertz CT molecular complexity index is 1980. The zero-order chi connectivity index (χ0) is 36.9. The molecule has 15 nitrogen and oxygen atoms in total. The summed E-state index contributed by atoms with van der Waals surface area (Å²) in [7, 11) is 4.55. The number of nitrogens with one attached hydrogen (secondary N) is 1. The van der Waals surface area contributed by atoms with Crippen LogP contribution in [-0.4, -0.2) is 57.0 Å². The van der Waals surface area contributed by atoms with Crippen LogP contribution < -0.4 is 24.3 Å². The van der Waals surface area contributed by atoms with Gasteiger partial charge in [-0.2, -0.15) is 0 Å². The molecule has 0 unspecified atom stereocenters. The fourth-order valence-electron chi connectivity index (χ4n) is 5.96. The Kier molecular flexibility index (Phi) is 12.4. The van der Waals surface area contributed by atoms with Crippen LogP contribution in [0.2, 0.25) is 0 Å². The Morgan fingerprint density at radius 1 is 0.923 bits per heavy atom. The number of aliphatic hydroxyl groups excluding tert-OH is 1. The number of amides is 1. The van der Waals surface area contributed by atoms with Crippen molar-refractivity contribution in [3.8, 4) is 23.0 Å². The molecule has 268 valence electrons. The third kappa shape index (κ3) is 8.14.